The Bertz CT molecular complexity index is 674. The summed E-state index contributed by atoms with van der Waals surface area (Å²) in [5.41, 5.74) is 10.6. The van der Waals surface area contributed by atoms with Gasteiger partial charge in [0, 0.05) is 13.3 Å². The second-order valence-corrected chi connectivity index (χ2v) is 6.16. The number of aromatic nitrogens is 2. The molecule has 0 amide bonds. The van der Waals surface area contributed by atoms with Crippen molar-refractivity contribution >= 4 is 36.6 Å². The van der Waals surface area contributed by atoms with Crippen LogP contribution in [0.15, 0.2) is 17.1 Å². The Labute approximate surface area is 169 Å². The third kappa shape index (κ3) is 5.53. The number of nitrogens with zero attached hydrogens (tertiary/aromatic N) is 2. The Hall–Kier alpha value is -1.43. The van der Waals surface area contributed by atoms with Gasteiger partial charge in [-0.05, 0) is 12.0 Å². The molecule has 1 saturated heterocycles. The van der Waals surface area contributed by atoms with Crippen LogP contribution in [0.1, 0.15) is 20.1 Å². The van der Waals surface area contributed by atoms with Crippen LogP contribution in [0.3, 0.4) is 0 Å². The number of esters is 1. The van der Waals surface area contributed by atoms with E-state index in [1.807, 2.05) is 0 Å². The average Bonchev–Trinajstić information content (AvgIpc) is 2.91. The molecule has 156 valence electrons. The molecule has 0 bridgehead atoms. The minimum atomic E-state index is -0.934. The third-order valence-corrected chi connectivity index (χ3v) is 4.11. The van der Waals surface area contributed by atoms with Crippen LogP contribution >= 0.6 is 24.8 Å². The highest BCUT2D eigenvalue weighted by molar-refractivity contribution is 5.85. The summed E-state index contributed by atoms with van der Waals surface area (Å²) in [6, 6.07) is 0.608. The molecule has 1 aromatic heterocycles. The number of aliphatic hydroxyl groups excluding tert-OH is 1. The highest BCUT2D eigenvalue weighted by Gasteiger charge is 2.49. The van der Waals surface area contributed by atoms with Crippen LogP contribution in [0, 0.1) is 5.92 Å². The van der Waals surface area contributed by atoms with Gasteiger partial charge in [-0.3, -0.25) is 9.36 Å². The predicted molar refractivity (Wildman–Crippen MR) is 102 cm³/mol. The van der Waals surface area contributed by atoms with Gasteiger partial charge in [0.1, 0.15) is 24.1 Å². The van der Waals surface area contributed by atoms with Gasteiger partial charge in [0.25, 0.3) is 0 Å². The maximum absolute atomic E-state index is 12.2. The van der Waals surface area contributed by atoms with Crippen molar-refractivity contribution in [2.75, 3.05) is 19.5 Å². The number of ether oxygens (including phenoxy) is 3. The van der Waals surface area contributed by atoms with Crippen molar-refractivity contribution in [3.05, 3.63) is 22.7 Å². The molecular formula is C15H26Cl2N4O6. The van der Waals surface area contributed by atoms with Crippen molar-refractivity contribution in [1.29, 1.82) is 0 Å². The molecule has 1 aliphatic rings. The zero-order valence-electron chi connectivity index (χ0n) is 15.2. The summed E-state index contributed by atoms with van der Waals surface area (Å²) in [6.07, 6.45) is -2.16. The van der Waals surface area contributed by atoms with Crippen LogP contribution in [0.5, 0.6) is 0 Å². The molecule has 2 unspecified atom stereocenters. The van der Waals surface area contributed by atoms with E-state index in [-0.39, 0.29) is 36.5 Å². The highest BCUT2D eigenvalue weighted by Crippen LogP contribution is 2.32. The Morgan fingerprint density at radius 2 is 2.04 bits per heavy atom. The molecule has 5 N–H and O–H groups in total. The van der Waals surface area contributed by atoms with Crippen LogP contribution in [0.4, 0.5) is 5.82 Å². The molecule has 1 aromatic rings. The smallest absolute Gasteiger partial charge is 0.351 e. The van der Waals surface area contributed by atoms with Crippen LogP contribution in [0.25, 0.3) is 0 Å². The molecule has 1 aliphatic heterocycles. The number of carbonyl (C=O) groups excluding carboxylic acids is 1. The van der Waals surface area contributed by atoms with Gasteiger partial charge in [-0.15, -0.1) is 24.8 Å². The number of nitrogens with two attached hydrogens (primary N) is 2. The van der Waals surface area contributed by atoms with Gasteiger partial charge >= 0.3 is 11.7 Å². The lowest BCUT2D eigenvalue weighted by Gasteiger charge is -2.25. The van der Waals surface area contributed by atoms with Gasteiger partial charge in [-0.2, -0.15) is 4.98 Å². The standard InChI is InChI=1S/C15H24N4O6.2ClH/c1-7(2)10(17)14(21)25-11-8(6-20)24-13(12(11)23-3)19-5-4-9(16)18-15(19)22;;/h4-5,7-8,10-13,20H,6,17H2,1-3H3,(H2,16,18,22);2*1H/t8-,10+,11?,12?,13-;;/m1../s1. The van der Waals surface area contributed by atoms with E-state index in [9.17, 15) is 14.7 Å². The maximum atomic E-state index is 12.2. The second kappa shape index (κ2) is 10.8. The Balaban J connectivity index is 0.00000338. The number of nitrogen functional groups attached to an aromatic ring is 1. The van der Waals surface area contributed by atoms with Gasteiger partial charge in [0.2, 0.25) is 0 Å². The van der Waals surface area contributed by atoms with Crippen LogP contribution in [0.2, 0.25) is 0 Å². The summed E-state index contributed by atoms with van der Waals surface area (Å²) < 4.78 is 17.6. The normalized spacial score (nSPS) is 25.4. The fraction of sp³-hybridized carbons (Fsp3) is 0.667. The number of aliphatic hydroxyl groups is 1. The Morgan fingerprint density at radius 3 is 2.52 bits per heavy atom. The zero-order valence-corrected chi connectivity index (χ0v) is 16.8. The first-order valence-corrected chi connectivity index (χ1v) is 7.90. The molecule has 0 aliphatic carbocycles. The summed E-state index contributed by atoms with van der Waals surface area (Å²) in [5.74, 6) is -0.687. The van der Waals surface area contributed by atoms with Crippen molar-refractivity contribution in [2.24, 2.45) is 11.7 Å². The van der Waals surface area contributed by atoms with Crippen LogP contribution in [-0.2, 0) is 19.0 Å². The Kier molecular flexibility index (Phi) is 10.2. The van der Waals surface area contributed by atoms with Gasteiger partial charge in [0.15, 0.2) is 12.3 Å². The fourth-order valence-corrected chi connectivity index (χ4v) is 2.58. The van der Waals surface area contributed by atoms with Gasteiger partial charge in [-0.25, -0.2) is 4.79 Å². The maximum Gasteiger partial charge on any atom is 0.351 e. The molecule has 12 heteroatoms. The number of halogens is 2. The quantitative estimate of drug-likeness (QED) is 0.507. The van der Waals surface area contributed by atoms with E-state index in [4.69, 9.17) is 25.7 Å². The summed E-state index contributed by atoms with van der Waals surface area (Å²) >= 11 is 0. The molecule has 0 spiro atoms. The third-order valence-electron chi connectivity index (χ3n) is 4.11. The number of methoxy groups -OCH3 is 1. The van der Waals surface area contributed by atoms with E-state index in [1.165, 1.54) is 23.9 Å². The summed E-state index contributed by atoms with van der Waals surface area (Å²) in [5, 5.41) is 9.56. The monoisotopic (exact) mass is 428 g/mol. The molecule has 2 rings (SSSR count). The van der Waals surface area contributed by atoms with E-state index in [0.717, 1.165) is 0 Å². The fourth-order valence-electron chi connectivity index (χ4n) is 2.58. The van der Waals surface area contributed by atoms with Crippen molar-refractivity contribution in [2.45, 2.75) is 44.4 Å². The van der Waals surface area contributed by atoms with E-state index < -0.39 is 48.8 Å². The van der Waals surface area contributed by atoms with Gasteiger partial charge in [-0.1, -0.05) is 13.8 Å². The minimum Gasteiger partial charge on any atom is -0.455 e. The molecule has 0 saturated carbocycles. The average molecular weight is 429 g/mol. The molecular weight excluding hydrogens is 403 g/mol. The number of rotatable bonds is 6. The Morgan fingerprint density at radius 1 is 1.41 bits per heavy atom. The van der Waals surface area contributed by atoms with Crippen LogP contribution in [-0.4, -0.2) is 58.7 Å². The van der Waals surface area contributed by atoms with E-state index in [1.54, 1.807) is 13.8 Å². The number of hydrogen-bond donors (Lipinski definition) is 3. The minimum absolute atomic E-state index is 0. The van der Waals surface area contributed by atoms with Crippen molar-refractivity contribution in [3.8, 4) is 0 Å². The van der Waals surface area contributed by atoms with Crippen molar-refractivity contribution in [3.63, 3.8) is 0 Å². The topological polar surface area (TPSA) is 152 Å². The lowest BCUT2D eigenvalue weighted by molar-refractivity contribution is -0.160. The first-order chi connectivity index (χ1) is 11.8. The summed E-state index contributed by atoms with van der Waals surface area (Å²) in [6.45, 7) is 3.15. The summed E-state index contributed by atoms with van der Waals surface area (Å²) in [4.78, 5) is 27.9. The van der Waals surface area contributed by atoms with Gasteiger partial charge < -0.3 is 30.8 Å². The lowest BCUT2D eigenvalue weighted by Crippen LogP contribution is -2.45. The molecule has 2 heterocycles. The van der Waals surface area contributed by atoms with Crippen molar-refractivity contribution in [1.82, 2.24) is 9.55 Å². The second-order valence-electron chi connectivity index (χ2n) is 6.16. The molecule has 0 radical (unpaired) electrons. The molecule has 10 nitrogen and oxygen atoms in total. The molecule has 27 heavy (non-hydrogen) atoms. The predicted octanol–water partition coefficient (Wildman–Crippen LogP) is -0.531. The number of carbonyl (C=O) groups is 1. The van der Waals surface area contributed by atoms with E-state index in [2.05, 4.69) is 4.98 Å². The number of anilines is 1. The first-order valence-electron chi connectivity index (χ1n) is 7.90. The van der Waals surface area contributed by atoms with Gasteiger partial charge in [0.05, 0.1) is 6.61 Å². The largest absolute Gasteiger partial charge is 0.455 e. The lowest BCUT2D eigenvalue weighted by atomic mass is 10.1. The molecule has 5 atom stereocenters. The summed E-state index contributed by atoms with van der Waals surface area (Å²) in [7, 11) is 1.39. The zero-order chi connectivity index (χ0) is 18.7. The van der Waals surface area contributed by atoms with Crippen LogP contribution < -0.4 is 17.2 Å². The number of hydrogen-bond acceptors (Lipinski definition) is 9. The van der Waals surface area contributed by atoms with Crippen molar-refractivity contribution < 1.29 is 24.1 Å². The highest BCUT2D eigenvalue weighted by atomic mass is 35.5. The molecule has 1 fully saturated rings. The SMILES string of the molecule is COC1C(OC(=O)[C@@H](N)C(C)C)[C@@H](CO)O[C@H]1n1ccc(N)nc1=O.Cl.Cl. The first kappa shape index (κ1) is 25.6. The van der Waals surface area contributed by atoms with E-state index >= 15 is 0 Å². The molecule has 0 aromatic carbocycles. The van der Waals surface area contributed by atoms with E-state index in [0.29, 0.717) is 0 Å².